The number of piperidine rings is 1. The number of nitro benzene ring substituents is 1. The van der Waals surface area contributed by atoms with Crippen LogP contribution in [0.1, 0.15) is 24.8 Å². The Balaban J connectivity index is 1.99. The Bertz CT molecular complexity index is 571. The van der Waals surface area contributed by atoms with E-state index in [9.17, 15) is 15.2 Å². The second kappa shape index (κ2) is 6.98. The Kier molecular flexibility index (Phi) is 5.04. The lowest BCUT2D eigenvalue weighted by molar-refractivity contribution is -0.384. The second-order valence-corrected chi connectivity index (χ2v) is 5.11. The maximum Gasteiger partial charge on any atom is 0.270 e. The van der Waals surface area contributed by atoms with Crippen molar-refractivity contribution in [3.05, 3.63) is 33.9 Å². The summed E-state index contributed by atoms with van der Waals surface area (Å²) in [5, 5.41) is 24.8. The Morgan fingerprint density at radius 1 is 1.43 bits per heavy atom. The van der Waals surface area contributed by atoms with Crippen molar-refractivity contribution in [1.29, 1.82) is 0 Å². The van der Waals surface area contributed by atoms with Gasteiger partial charge in [-0.2, -0.15) is 5.10 Å². The van der Waals surface area contributed by atoms with Crippen LogP contribution in [0.2, 0.25) is 0 Å². The van der Waals surface area contributed by atoms with Crippen molar-refractivity contribution in [2.75, 3.05) is 13.1 Å². The molecule has 1 saturated heterocycles. The molecule has 1 aromatic rings. The van der Waals surface area contributed by atoms with E-state index in [1.54, 1.807) is 0 Å². The summed E-state index contributed by atoms with van der Waals surface area (Å²) in [5.74, 6) is -0.0740. The number of hydrogen-bond donors (Lipinski definition) is 2. The average molecular weight is 308 g/mol. The summed E-state index contributed by atoms with van der Waals surface area (Å²) in [6.45, 7) is 1.81. The van der Waals surface area contributed by atoms with Crippen molar-refractivity contribution in [3.63, 3.8) is 0 Å². The van der Waals surface area contributed by atoms with Crippen molar-refractivity contribution >= 4 is 29.2 Å². The Morgan fingerprint density at radius 2 is 2.14 bits per heavy atom. The van der Waals surface area contributed by atoms with Gasteiger partial charge in [-0.15, -0.1) is 0 Å². The van der Waals surface area contributed by atoms with Gasteiger partial charge in [-0.05, 0) is 37.5 Å². The van der Waals surface area contributed by atoms with Gasteiger partial charge in [0, 0.05) is 30.8 Å². The van der Waals surface area contributed by atoms with Crippen LogP contribution in [0, 0.1) is 10.1 Å². The van der Waals surface area contributed by atoms with E-state index in [2.05, 4.69) is 10.5 Å². The summed E-state index contributed by atoms with van der Waals surface area (Å²) in [4.78, 5) is 12.2. The molecule has 8 heteroatoms. The molecule has 0 saturated carbocycles. The molecule has 1 fully saturated rings. The molecule has 7 nitrogen and oxygen atoms in total. The molecule has 1 aliphatic rings. The number of nitrogens with one attached hydrogen (secondary N) is 1. The zero-order valence-electron chi connectivity index (χ0n) is 11.4. The zero-order valence-corrected chi connectivity index (χ0v) is 12.2. The molecule has 2 rings (SSSR count). The van der Waals surface area contributed by atoms with Crippen molar-refractivity contribution in [3.8, 4) is 5.75 Å². The van der Waals surface area contributed by atoms with Gasteiger partial charge in [0.2, 0.25) is 0 Å². The minimum atomic E-state index is -0.525. The van der Waals surface area contributed by atoms with E-state index in [0.717, 1.165) is 25.9 Å². The predicted octanol–water partition coefficient (Wildman–Crippen LogP) is 1.99. The van der Waals surface area contributed by atoms with Crippen LogP contribution in [0.4, 0.5) is 5.69 Å². The van der Waals surface area contributed by atoms with Gasteiger partial charge in [0.15, 0.2) is 5.11 Å². The third-order valence-corrected chi connectivity index (χ3v) is 3.58. The number of likely N-dealkylation sites (tertiary alicyclic amines) is 1. The predicted molar refractivity (Wildman–Crippen MR) is 83.5 cm³/mol. The lowest BCUT2D eigenvalue weighted by Gasteiger charge is -2.28. The van der Waals surface area contributed by atoms with E-state index in [1.165, 1.54) is 30.8 Å². The van der Waals surface area contributed by atoms with Gasteiger partial charge in [-0.25, -0.2) is 0 Å². The van der Waals surface area contributed by atoms with Gasteiger partial charge < -0.3 is 10.0 Å². The molecule has 2 N–H and O–H groups in total. The first-order valence-electron chi connectivity index (χ1n) is 6.63. The summed E-state index contributed by atoms with van der Waals surface area (Å²) in [7, 11) is 0. The van der Waals surface area contributed by atoms with Crippen LogP contribution in [-0.4, -0.2) is 39.3 Å². The van der Waals surface area contributed by atoms with Crippen LogP contribution >= 0.6 is 12.2 Å². The summed E-state index contributed by atoms with van der Waals surface area (Å²) in [6.07, 6.45) is 4.75. The van der Waals surface area contributed by atoms with Crippen molar-refractivity contribution in [2.45, 2.75) is 19.3 Å². The molecule has 0 amide bonds. The summed E-state index contributed by atoms with van der Waals surface area (Å²) >= 11 is 5.22. The monoisotopic (exact) mass is 308 g/mol. The van der Waals surface area contributed by atoms with E-state index >= 15 is 0 Å². The number of nitrogens with zero attached hydrogens (tertiary/aromatic N) is 3. The topological polar surface area (TPSA) is 91.0 Å². The minimum Gasteiger partial charge on any atom is -0.507 e. The molecular formula is C13H16N4O3S. The second-order valence-electron chi connectivity index (χ2n) is 4.72. The number of aromatic hydroxyl groups is 1. The molecule has 0 aromatic heterocycles. The van der Waals surface area contributed by atoms with Crippen LogP contribution < -0.4 is 5.43 Å². The van der Waals surface area contributed by atoms with Gasteiger partial charge in [0.25, 0.3) is 5.69 Å². The lowest BCUT2D eigenvalue weighted by atomic mass is 10.1. The van der Waals surface area contributed by atoms with Gasteiger partial charge >= 0.3 is 0 Å². The van der Waals surface area contributed by atoms with Gasteiger partial charge in [-0.1, -0.05) is 0 Å². The van der Waals surface area contributed by atoms with E-state index in [1.807, 2.05) is 4.90 Å². The average Bonchev–Trinajstić information content (AvgIpc) is 2.49. The van der Waals surface area contributed by atoms with Gasteiger partial charge in [-0.3, -0.25) is 15.5 Å². The third kappa shape index (κ3) is 4.12. The van der Waals surface area contributed by atoms with Crippen LogP contribution in [-0.2, 0) is 0 Å². The molecule has 1 aliphatic heterocycles. The first kappa shape index (κ1) is 15.2. The highest BCUT2D eigenvalue weighted by molar-refractivity contribution is 7.80. The molecule has 0 radical (unpaired) electrons. The normalized spacial score (nSPS) is 15.1. The molecule has 0 unspecified atom stereocenters. The summed E-state index contributed by atoms with van der Waals surface area (Å²) in [5.41, 5.74) is 2.88. The van der Waals surface area contributed by atoms with Crippen LogP contribution in [0.25, 0.3) is 0 Å². The molecule has 1 heterocycles. The maximum atomic E-state index is 10.7. The van der Waals surface area contributed by atoms with Crippen LogP contribution in [0.3, 0.4) is 0 Å². The van der Waals surface area contributed by atoms with Gasteiger partial charge in [0.05, 0.1) is 11.1 Å². The van der Waals surface area contributed by atoms with Crippen molar-refractivity contribution < 1.29 is 10.0 Å². The first-order valence-corrected chi connectivity index (χ1v) is 7.04. The minimum absolute atomic E-state index is 0.0740. The van der Waals surface area contributed by atoms with Gasteiger partial charge in [0.1, 0.15) is 5.75 Å². The number of non-ortho nitro benzene ring substituents is 1. The fourth-order valence-corrected chi connectivity index (χ4v) is 2.32. The summed E-state index contributed by atoms with van der Waals surface area (Å²) in [6, 6.07) is 3.76. The van der Waals surface area contributed by atoms with Crippen molar-refractivity contribution in [1.82, 2.24) is 10.3 Å². The number of hydrogen-bond acceptors (Lipinski definition) is 5. The number of thiocarbonyl (C=S) groups is 1. The van der Waals surface area contributed by atoms with E-state index < -0.39 is 4.92 Å². The lowest BCUT2D eigenvalue weighted by Crippen LogP contribution is -2.40. The largest absolute Gasteiger partial charge is 0.507 e. The first-order chi connectivity index (χ1) is 10.1. The van der Waals surface area contributed by atoms with E-state index in [4.69, 9.17) is 12.2 Å². The molecule has 0 atom stereocenters. The molecule has 112 valence electrons. The molecule has 0 bridgehead atoms. The van der Waals surface area contributed by atoms with E-state index in [0.29, 0.717) is 5.11 Å². The standard InChI is InChI=1S/C13H16N4O3S/c18-12-5-4-11(17(19)20)8-10(12)9-14-15-13(21)16-6-2-1-3-7-16/h4-5,8-9,18H,1-3,6-7H2,(H,15,21). The number of hydrazone groups is 1. The quantitative estimate of drug-likeness (QED) is 0.384. The number of phenolic OH excluding ortho intramolecular Hbond substituents is 1. The Morgan fingerprint density at radius 3 is 2.81 bits per heavy atom. The highest BCUT2D eigenvalue weighted by Gasteiger charge is 2.12. The molecule has 0 spiro atoms. The highest BCUT2D eigenvalue weighted by atomic mass is 32.1. The Labute approximate surface area is 127 Å². The number of benzene rings is 1. The fraction of sp³-hybridized carbons (Fsp3) is 0.385. The highest BCUT2D eigenvalue weighted by Crippen LogP contribution is 2.21. The molecule has 0 aliphatic carbocycles. The third-order valence-electron chi connectivity index (χ3n) is 3.23. The zero-order chi connectivity index (χ0) is 15.2. The molecular weight excluding hydrogens is 292 g/mol. The fourth-order valence-electron chi connectivity index (χ4n) is 2.08. The Hall–Kier alpha value is -2.22. The summed E-state index contributed by atoms with van der Waals surface area (Å²) < 4.78 is 0. The number of nitro groups is 1. The number of rotatable bonds is 3. The van der Waals surface area contributed by atoms with Crippen LogP contribution in [0.15, 0.2) is 23.3 Å². The smallest absolute Gasteiger partial charge is 0.270 e. The van der Waals surface area contributed by atoms with Crippen LogP contribution in [0.5, 0.6) is 5.75 Å². The maximum absolute atomic E-state index is 10.7. The van der Waals surface area contributed by atoms with E-state index in [-0.39, 0.29) is 17.0 Å². The molecule has 21 heavy (non-hydrogen) atoms. The van der Waals surface area contributed by atoms with Crippen molar-refractivity contribution in [2.24, 2.45) is 5.10 Å². The number of phenols is 1. The molecule has 1 aromatic carbocycles. The SMILES string of the molecule is O=[N+]([O-])c1ccc(O)c(C=NNC(=S)N2CCCCC2)c1.